The Morgan fingerprint density at radius 3 is 2.56 bits per heavy atom. The third-order valence-electron chi connectivity index (χ3n) is 2.71. The van der Waals surface area contributed by atoms with Gasteiger partial charge in [-0.2, -0.15) is 0 Å². The predicted molar refractivity (Wildman–Crippen MR) is 89.7 cm³/mol. The van der Waals surface area contributed by atoms with Crippen LogP contribution >= 0.6 is 23.1 Å². The summed E-state index contributed by atoms with van der Waals surface area (Å²) in [5.41, 5.74) is 0.157. The van der Waals surface area contributed by atoms with Crippen LogP contribution in [0.3, 0.4) is 0 Å². The van der Waals surface area contributed by atoms with Crippen molar-refractivity contribution in [3.8, 4) is 0 Å². The van der Waals surface area contributed by atoms with Crippen molar-refractivity contribution < 1.29 is 18.6 Å². The van der Waals surface area contributed by atoms with Crippen LogP contribution in [0.25, 0.3) is 0 Å². The van der Waals surface area contributed by atoms with E-state index >= 15 is 0 Å². The maximum atomic E-state index is 11.9. The van der Waals surface area contributed by atoms with Gasteiger partial charge in [0.15, 0.2) is 15.9 Å². The van der Waals surface area contributed by atoms with E-state index in [9.17, 15) is 9.59 Å². The second kappa shape index (κ2) is 7.44. The molecule has 0 unspecified atom stereocenters. The molecule has 2 N–H and O–H groups in total. The van der Waals surface area contributed by atoms with Crippen molar-refractivity contribution in [1.29, 1.82) is 0 Å². The van der Waals surface area contributed by atoms with Crippen LogP contribution in [0.1, 0.15) is 22.0 Å². The summed E-state index contributed by atoms with van der Waals surface area (Å²) < 4.78 is 10.2. The molecule has 0 bridgehead atoms. The molecule has 0 aromatic carbocycles. The number of amides is 2. The molecule has 10 nitrogen and oxygen atoms in total. The Hall–Kier alpha value is -2.73. The van der Waals surface area contributed by atoms with Gasteiger partial charge in [0, 0.05) is 12.1 Å². The number of hydrogen-bond acceptors (Lipinski definition) is 10. The number of nitrogens with zero attached hydrogens (tertiary/aromatic N) is 4. The molecule has 0 fully saturated rings. The molecule has 0 aliphatic heterocycles. The van der Waals surface area contributed by atoms with Crippen LogP contribution in [-0.2, 0) is 4.79 Å². The van der Waals surface area contributed by atoms with Crippen molar-refractivity contribution in [3.63, 3.8) is 0 Å². The number of hydrogen-bond donors (Lipinski definition) is 2. The molecule has 3 aromatic heterocycles. The van der Waals surface area contributed by atoms with Crippen LogP contribution in [0.15, 0.2) is 25.5 Å². The second-order valence-corrected chi connectivity index (χ2v) is 7.01. The minimum atomic E-state index is -0.441. The SMILES string of the molecule is Cc1cc(NC(=O)CSc2nnc(NC(=O)c3cc(C)on3)s2)no1. The Morgan fingerprint density at radius 2 is 1.88 bits per heavy atom. The number of carbonyl (C=O) groups is 2. The van der Waals surface area contributed by atoms with E-state index in [1.807, 2.05) is 0 Å². The van der Waals surface area contributed by atoms with Crippen molar-refractivity contribution in [2.75, 3.05) is 16.4 Å². The summed E-state index contributed by atoms with van der Waals surface area (Å²) in [6.07, 6.45) is 0. The standard InChI is InChI=1S/C13H12N6O4S2/c1-6-3-8(18-22-6)11(21)15-12-16-17-13(25-12)24-5-10(20)14-9-4-7(2)23-19-9/h3-4H,5H2,1-2H3,(H,14,19,20)(H,15,16,21). The van der Waals surface area contributed by atoms with Crippen LogP contribution < -0.4 is 10.6 Å². The van der Waals surface area contributed by atoms with Gasteiger partial charge < -0.3 is 14.4 Å². The van der Waals surface area contributed by atoms with Crippen LogP contribution in [0, 0.1) is 13.8 Å². The maximum absolute atomic E-state index is 11.9. The molecule has 25 heavy (non-hydrogen) atoms. The smallest absolute Gasteiger partial charge is 0.279 e. The van der Waals surface area contributed by atoms with Crippen molar-refractivity contribution in [3.05, 3.63) is 29.3 Å². The van der Waals surface area contributed by atoms with Gasteiger partial charge in [0.1, 0.15) is 11.5 Å². The molecule has 0 atom stereocenters. The van der Waals surface area contributed by atoms with E-state index in [0.29, 0.717) is 26.8 Å². The first-order valence-electron chi connectivity index (χ1n) is 6.94. The van der Waals surface area contributed by atoms with Crippen molar-refractivity contribution in [2.45, 2.75) is 18.2 Å². The summed E-state index contributed by atoms with van der Waals surface area (Å²) in [5, 5.41) is 20.5. The molecular weight excluding hydrogens is 368 g/mol. The highest BCUT2D eigenvalue weighted by molar-refractivity contribution is 8.01. The van der Waals surface area contributed by atoms with Gasteiger partial charge >= 0.3 is 0 Å². The van der Waals surface area contributed by atoms with Crippen molar-refractivity contribution in [1.82, 2.24) is 20.5 Å². The highest BCUT2D eigenvalue weighted by Crippen LogP contribution is 2.25. The fourth-order valence-electron chi connectivity index (χ4n) is 1.68. The molecule has 0 spiro atoms. The highest BCUT2D eigenvalue weighted by atomic mass is 32.2. The lowest BCUT2D eigenvalue weighted by molar-refractivity contribution is -0.113. The fourth-order valence-corrected chi connectivity index (χ4v) is 3.23. The molecule has 0 aliphatic rings. The summed E-state index contributed by atoms with van der Waals surface area (Å²) in [6, 6.07) is 3.13. The average Bonchev–Trinajstić information content (AvgIpc) is 3.28. The number of aromatic nitrogens is 4. The van der Waals surface area contributed by atoms with Crippen molar-refractivity contribution >= 4 is 45.9 Å². The number of aryl methyl sites for hydroxylation is 2. The zero-order valence-electron chi connectivity index (χ0n) is 13.1. The second-order valence-electron chi connectivity index (χ2n) is 4.81. The minimum Gasteiger partial charge on any atom is -0.361 e. The number of nitrogens with one attached hydrogen (secondary N) is 2. The number of thioether (sulfide) groups is 1. The van der Waals surface area contributed by atoms with E-state index in [1.54, 1.807) is 19.9 Å². The molecule has 130 valence electrons. The van der Waals surface area contributed by atoms with Gasteiger partial charge in [0.05, 0.1) is 5.75 Å². The van der Waals surface area contributed by atoms with Gasteiger partial charge in [-0.1, -0.05) is 33.4 Å². The van der Waals surface area contributed by atoms with Gasteiger partial charge in [-0.3, -0.25) is 14.9 Å². The molecular formula is C13H12N6O4S2. The first-order chi connectivity index (χ1) is 12.0. The highest BCUT2D eigenvalue weighted by Gasteiger charge is 2.15. The van der Waals surface area contributed by atoms with E-state index in [2.05, 4.69) is 31.1 Å². The summed E-state index contributed by atoms with van der Waals surface area (Å²) in [5.74, 6) is 0.926. The molecule has 0 aliphatic carbocycles. The zero-order valence-corrected chi connectivity index (χ0v) is 14.7. The largest absolute Gasteiger partial charge is 0.361 e. The van der Waals surface area contributed by atoms with Crippen LogP contribution in [0.2, 0.25) is 0 Å². The van der Waals surface area contributed by atoms with Crippen LogP contribution in [-0.4, -0.2) is 38.1 Å². The Kier molecular flexibility index (Phi) is 5.09. The Bertz CT molecular complexity index is 902. The van der Waals surface area contributed by atoms with Crippen LogP contribution in [0.4, 0.5) is 10.9 Å². The molecule has 3 rings (SSSR count). The first kappa shape index (κ1) is 17.1. The van der Waals surface area contributed by atoms with Gasteiger partial charge in [-0.05, 0) is 13.8 Å². The Balaban J connectivity index is 1.49. The summed E-state index contributed by atoms with van der Waals surface area (Å²) in [4.78, 5) is 23.7. The van der Waals surface area contributed by atoms with Gasteiger partial charge in [0.2, 0.25) is 11.0 Å². The van der Waals surface area contributed by atoms with E-state index in [4.69, 9.17) is 9.05 Å². The summed E-state index contributed by atoms with van der Waals surface area (Å²) in [6.45, 7) is 3.42. The van der Waals surface area contributed by atoms with E-state index < -0.39 is 5.91 Å². The average molecular weight is 380 g/mol. The lowest BCUT2D eigenvalue weighted by atomic mass is 10.4. The molecule has 0 saturated carbocycles. The molecule has 0 radical (unpaired) electrons. The molecule has 3 aromatic rings. The third-order valence-corrected chi connectivity index (χ3v) is 4.68. The number of anilines is 2. The summed E-state index contributed by atoms with van der Waals surface area (Å²) >= 11 is 2.34. The topological polar surface area (TPSA) is 136 Å². The van der Waals surface area contributed by atoms with E-state index in [0.717, 1.165) is 11.3 Å². The number of carbonyl (C=O) groups excluding carboxylic acids is 2. The third kappa shape index (κ3) is 4.64. The van der Waals surface area contributed by atoms with Crippen LogP contribution in [0.5, 0.6) is 0 Å². The van der Waals surface area contributed by atoms with E-state index in [-0.39, 0.29) is 17.4 Å². The normalized spacial score (nSPS) is 10.6. The zero-order chi connectivity index (χ0) is 17.8. The van der Waals surface area contributed by atoms with Gasteiger partial charge in [-0.25, -0.2) is 0 Å². The van der Waals surface area contributed by atoms with E-state index in [1.165, 1.54) is 17.8 Å². The number of rotatable bonds is 6. The van der Waals surface area contributed by atoms with Gasteiger partial charge in [0.25, 0.3) is 5.91 Å². The lowest BCUT2D eigenvalue weighted by Gasteiger charge is -1.98. The first-order valence-corrected chi connectivity index (χ1v) is 8.74. The Labute approximate surface area is 149 Å². The molecule has 3 heterocycles. The fraction of sp³-hybridized carbons (Fsp3) is 0.231. The molecule has 2 amide bonds. The quantitative estimate of drug-likeness (QED) is 0.486. The molecule has 12 heteroatoms. The summed E-state index contributed by atoms with van der Waals surface area (Å²) in [7, 11) is 0. The minimum absolute atomic E-state index is 0.122. The van der Waals surface area contributed by atoms with Crippen molar-refractivity contribution in [2.24, 2.45) is 0 Å². The van der Waals surface area contributed by atoms with Gasteiger partial charge in [-0.15, -0.1) is 10.2 Å². The predicted octanol–water partition coefficient (Wildman–Crippen LogP) is 2.11. The molecule has 0 saturated heterocycles. The maximum Gasteiger partial charge on any atom is 0.279 e. The Morgan fingerprint density at radius 1 is 1.12 bits per heavy atom. The monoisotopic (exact) mass is 380 g/mol. The lowest BCUT2D eigenvalue weighted by Crippen LogP contribution is -2.14.